The summed E-state index contributed by atoms with van der Waals surface area (Å²) in [5, 5.41) is 2.96. The molecule has 0 bridgehead atoms. The number of carbonyl (C=O) groups is 1. The molecular formula is C19H26ClN3OS. The summed E-state index contributed by atoms with van der Waals surface area (Å²) in [7, 11) is 1.93. The summed E-state index contributed by atoms with van der Waals surface area (Å²) >= 11 is 7.48. The van der Waals surface area contributed by atoms with E-state index < -0.39 is 0 Å². The molecule has 0 saturated carbocycles. The quantitative estimate of drug-likeness (QED) is 0.721. The van der Waals surface area contributed by atoms with E-state index in [0.717, 1.165) is 21.4 Å². The van der Waals surface area contributed by atoms with Gasteiger partial charge in [0.25, 0.3) is 0 Å². The summed E-state index contributed by atoms with van der Waals surface area (Å²) in [6, 6.07) is 12.3. The molecule has 0 aliphatic heterocycles. The molecule has 0 atom stereocenters. The summed E-state index contributed by atoms with van der Waals surface area (Å²) in [5.74, 6) is -0.0193. The molecule has 2 aromatic rings. The lowest BCUT2D eigenvalue weighted by molar-refractivity contribution is -0.117. The summed E-state index contributed by atoms with van der Waals surface area (Å²) in [5.41, 5.74) is 1.99. The van der Waals surface area contributed by atoms with E-state index in [-0.39, 0.29) is 5.91 Å². The molecule has 0 spiro atoms. The van der Waals surface area contributed by atoms with E-state index in [9.17, 15) is 4.79 Å². The van der Waals surface area contributed by atoms with E-state index >= 15 is 0 Å². The standard InChI is InChI=1S/C19H26ClN3OS/c1-5-23(14(2)3)16-8-6-15(7-9-16)21-19(24)13-22(4)12-17-10-11-18(20)25-17/h6-11,14H,5,12-13H2,1-4H3,(H,21,24). The van der Waals surface area contributed by atoms with Gasteiger partial charge in [-0.25, -0.2) is 0 Å². The van der Waals surface area contributed by atoms with Crippen LogP contribution >= 0.6 is 22.9 Å². The van der Waals surface area contributed by atoms with Crippen molar-refractivity contribution in [3.8, 4) is 0 Å². The smallest absolute Gasteiger partial charge is 0.238 e. The van der Waals surface area contributed by atoms with Crippen molar-refractivity contribution in [1.82, 2.24) is 4.90 Å². The molecule has 2 rings (SSSR count). The van der Waals surface area contributed by atoms with Crippen molar-refractivity contribution in [2.45, 2.75) is 33.4 Å². The number of nitrogens with zero attached hydrogens (tertiary/aromatic N) is 2. The van der Waals surface area contributed by atoms with Crippen LogP contribution in [0, 0.1) is 0 Å². The van der Waals surface area contributed by atoms with Crippen molar-refractivity contribution >= 4 is 40.2 Å². The molecule has 0 fully saturated rings. The molecule has 1 aromatic carbocycles. The van der Waals surface area contributed by atoms with Gasteiger partial charge < -0.3 is 10.2 Å². The molecule has 1 N–H and O–H groups in total. The topological polar surface area (TPSA) is 35.6 Å². The van der Waals surface area contributed by atoms with Crippen molar-refractivity contribution < 1.29 is 4.79 Å². The fourth-order valence-corrected chi connectivity index (χ4v) is 3.95. The van der Waals surface area contributed by atoms with Gasteiger partial charge in [-0.05, 0) is 64.2 Å². The summed E-state index contributed by atoms with van der Waals surface area (Å²) in [6.07, 6.45) is 0. The van der Waals surface area contributed by atoms with Gasteiger partial charge in [-0.3, -0.25) is 9.69 Å². The molecule has 4 nitrogen and oxygen atoms in total. The van der Waals surface area contributed by atoms with Gasteiger partial charge >= 0.3 is 0 Å². The highest BCUT2D eigenvalue weighted by Crippen LogP contribution is 2.22. The third kappa shape index (κ3) is 6.03. The Labute approximate surface area is 159 Å². The average Bonchev–Trinajstić information content (AvgIpc) is 2.94. The number of hydrogen-bond acceptors (Lipinski definition) is 4. The first-order chi connectivity index (χ1) is 11.9. The van der Waals surface area contributed by atoms with Crippen molar-refractivity contribution in [3.05, 3.63) is 45.6 Å². The number of benzene rings is 1. The molecular weight excluding hydrogens is 354 g/mol. The Morgan fingerprint density at radius 1 is 1.20 bits per heavy atom. The predicted octanol–water partition coefficient (Wildman–Crippen LogP) is 4.71. The summed E-state index contributed by atoms with van der Waals surface area (Å²) in [4.78, 5) is 17.7. The zero-order chi connectivity index (χ0) is 18.4. The summed E-state index contributed by atoms with van der Waals surface area (Å²) in [6.45, 7) is 8.51. The molecule has 1 amide bonds. The van der Waals surface area contributed by atoms with Crippen molar-refractivity contribution in [3.63, 3.8) is 0 Å². The fourth-order valence-electron chi connectivity index (χ4n) is 2.79. The van der Waals surface area contributed by atoms with Crippen molar-refractivity contribution in [2.24, 2.45) is 0 Å². The van der Waals surface area contributed by atoms with E-state index in [0.29, 0.717) is 19.1 Å². The second-order valence-corrected chi connectivity index (χ2v) is 8.15. The lowest BCUT2D eigenvalue weighted by Crippen LogP contribution is -2.30. The molecule has 0 radical (unpaired) electrons. The van der Waals surface area contributed by atoms with Crippen molar-refractivity contribution in [2.75, 3.05) is 30.4 Å². The first-order valence-electron chi connectivity index (χ1n) is 8.48. The van der Waals surface area contributed by atoms with Crippen molar-refractivity contribution in [1.29, 1.82) is 0 Å². The zero-order valence-corrected chi connectivity index (χ0v) is 16.8. The van der Waals surface area contributed by atoms with Gasteiger partial charge in [-0.1, -0.05) is 11.6 Å². The third-order valence-corrected chi connectivity index (χ3v) is 5.13. The summed E-state index contributed by atoms with van der Waals surface area (Å²) < 4.78 is 0.774. The minimum atomic E-state index is -0.0193. The predicted molar refractivity (Wildman–Crippen MR) is 109 cm³/mol. The van der Waals surface area contributed by atoms with E-state index in [1.807, 2.05) is 36.2 Å². The number of likely N-dealkylation sites (N-methyl/N-ethyl adjacent to an activating group) is 1. The number of anilines is 2. The van der Waals surface area contributed by atoms with Crippen LogP contribution in [0.15, 0.2) is 36.4 Å². The minimum Gasteiger partial charge on any atom is -0.369 e. The highest BCUT2D eigenvalue weighted by Gasteiger charge is 2.11. The van der Waals surface area contributed by atoms with Crippen LogP contribution in [0.1, 0.15) is 25.6 Å². The van der Waals surface area contributed by atoms with Gasteiger partial charge in [0.05, 0.1) is 10.9 Å². The Morgan fingerprint density at radius 3 is 2.40 bits per heavy atom. The molecule has 1 aromatic heterocycles. The van der Waals surface area contributed by atoms with Gasteiger partial charge in [0.2, 0.25) is 5.91 Å². The highest BCUT2D eigenvalue weighted by molar-refractivity contribution is 7.16. The third-order valence-electron chi connectivity index (χ3n) is 3.91. The van der Waals surface area contributed by atoms with Crippen LogP contribution in [0.25, 0.3) is 0 Å². The second kappa shape index (κ2) is 9.22. The van der Waals surface area contributed by atoms with Crippen LogP contribution < -0.4 is 10.2 Å². The van der Waals surface area contributed by atoms with Gasteiger partial charge in [0.15, 0.2) is 0 Å². The van der Waals surface area contributed by atoms with E-state index in [1.54, 1.807) is 11.3 Å². The molecule has 0 aliphatic rings. The molecule has 0 aliphatic carbocycles. The SMILES string of the molecule is CCN(c1ccc(NC(=O)CN(C)Cc2ccc(Cl)s2)cc1)C(C)C. The Hall–Kier alpha value is -1.56. The molecule has 136 valence electrons. The van der Waals surface area contributed by atoms with Gasteiger partial charge in [0, 0.05) is 35.4 Å². The number of nitrogens with one attached hydrogen (secondary N) is 1. The van der Waals surface area contributed by atoms with Gasteiger partial charge in [0.1, 0.15) is 0 Å². The van der Waals surface area contributed by atoms with Crippen LogP contribution in [-0.4, -0.2) is 37.0 Å². The van der Waals surface area contributed by atoms with Gasteiger partial charge in [-0.2, -0.15) is 0 Å². The van der Waals surface area contributed by atoms with E-state index in [4.69, 9.17) is 11.6 Å². The lowest BCUT2D eigenvalue weighted by atomic mass is 10.2. The number of thiophene rings is 1. The Bertz CT molecular complexity index is 684. The maximum Gasteiger partial charge on any atom is 0.238 e. The number of carbonyl (C=O) groups excluding carboxylic acids is 1. The number of halogens is 1. The molecule has 6 heteroatoms. The maximum absolute atomic E-state index is 12.2. The Morgan fingerprint density at radius 2 is 1.88 bits per heavy atom. The van der Waals surface area contributed by atoms with Gasteiger partial charge in [-0.15, -0.1) is 11.3 Å². The first-order valence-corrected chi connectivity index (χ1v) is 9.67. The van der Waals surface area contributed by atoms with Crippen LogP contribution in [0.5, 0.6) is 0 Å². The average molecular weight is 380 g/mol. The number of amides is 1. The largest absolute Gasteiger partial charge is 0.369 e. The Kier molecular flexibility index (Phi) is 7.29. The van der Waals surface area contributed by atoms with Crippen LogP contribution in [-0.2, 0) is 11.3 Å². The molecule has 0 saturated heterocycles. The monoisotopic (exact) mass is 379 g/mol. The van der Waals surface area contributed by atoms with E-state index in [2.05, 4.69) is 43.1 Å². The van der Waals surface area contributed by atoms with Crippen LogP contribution in [0.2, 0.25) is 4.34 Å². The Balaban J connectivity index is 1.87. The highest BCUT2D eigenvalue weighted by atomic mass is 35.5. The first kappa shape index (κ1) is 19.8. The number of rotatable bonds is 8. The molecule has 25 heavy (non-hydrogen) atoms. The molecule has 0 unspecified atom stereocenters. The normalized spacial score (nSPS) is 11.2. The zero-order valence-electron chi connectivity index (χ0n) is 15.3. The minimum absolute atomic E-state index is 0.0193. The van der Waals surface area contributed by atoms with E-state index in [1.165, 1.54) is 5.69 Å². The molecule has 1 heterocycles. The second-order valence-electron chi connectivity index (χ2n) is 6.35. The van der Waals surface area contributed by atoms with Crippen LogP contribution in [0.3, 0.4) is 0 Å². The lowest BCUT2D eigenvalue weighted by Gasteiger charge is -2.27. The fraction of sp³-hybridized carbons (Fsp3) is 0.421. The van der Waals surface area contributed by atoms with Crippen LogP contribution in [0.4, 0.5) is 11.4 Å². The number of hydrogen-bond donors (Lipinski definition) is 1. The maximum atomic E-state index is 12.2.